The van der Waals surface area contributed by atoms with Crippen molar-refractivity contribution >= 4 is 91.9 Å². The van der Waals surface area contributed by atoms with E-state index in [1.165, 1.54) is 85.8 Å². The van der Waals surface area contributed by atoms with Crippen LogP contribution in [0.3, 0.4) is 0 Å². The van der Waals surface area contributed by atoms with Gasteiger partial charge in [0.25, 0.3) is 0 Å². The summed E-state index contributed by atoms with van der Waals surface area (Å²) in [4.78, 5) is 2.42. The van der Waals surface area contributed by atoms with Gasteiger partial charge in [-0.05, 0) is 111 Å². The van der Waals surface area contributed by atoms with Crippen LogP contribution in [0.25, 0.3) is 91.5 Å². The van der Waals surface area contributed by atoms with Crippen LogP contribution in [0.4, 0.5) is 17.1 Å². The van der Waals surface area contributed by atoms with Gasteiger partial charge in [-0.3, -0.25) is 0 Å². The van der Waals surface area contributed by atoms with Gasteiger partial charge in [0.1, 0.15) is 0 Å². The highest BCUT2D eigenvalue weighted by Crippen LogP contribution is 2.45. The maximum Gasteiger partial charge on any atom is 0.0547 e. The summed E-state index contributed by atoms with van der Waals surface area (Å²) in [6.07, 6.45) is 0. The molecule has 0 N–H and O–H groups in total. The number of benzene rings is 10. The number of aromatic nitrogens is 1. The maximum atomic E-state index is 2.42. The average molecular weight is 769 g/mol. The molecule has 3 heteroatoms. The van der Waals surface area contributed by atoms with E-state index in [0.717, 1.165) is 22.7 Å². The van der Waals surface area contributed by atoms with E-state index in [1.807, 2.05) is 11.3 Å². The standard InChI is InChI=1S/C56H36N2S/c1-2-13-38(14-3-1)51-35-42(30-32-47(51)46-22-12-17-37-15-4-6-18-44(37)46)57(43-31-33-49-48-20-9-11-24-54(48)59-55(49)36-43)40-26-28-41(29-27-40)58-52-23-10-8-21-50(52)56-45-19-7-5-16-39(45)25-34-53(56)58/h1-36H. The Labute approximate surface area is 346 Å². The van der Waals surface area contributed by atoms with Crippen LogP contribution >= 0.6 is 11.3 Å². The van der Waals surface area contributed by atoms with E-state index in [2.05, 4.69) is 228 Å². The largest absolute Gasteiger partial charge is 0.310 e. The zero-order valence-corrected chi connectivity index (χ0v) is 32.9. The molecule has 0 aliphatic rings. The Morgan fingerprint density at radius 1 is 0.339 bits per heavy atom. The Morgan fingerprint density at radius 2 is 0.966 bits per heavy atom. The molecule has 0 atom stereocenters. The summed E-state index contributed by atoms with van der Waals surface area (Å²) in [6, 6.07) is 80.0. The van der Waals surface area contributed by atoms with Gasteiger partial charge in [0.05, 0.1) is 11.0 Å². The Bertz CT molecular complexity index is 3550. The minimum absolute atomic E-state index is 1.09. The third kappa shape index (κ3) is 5.47. The summed E-state index contributed by atoms with van der Waals surface area (Å²) in [5.41, 5.74) is 11.7. The minimum Gasteiger partial charge on any atom is -0.310 e. The molecule has 2 aromatic heterocycles. The van der Waals surface area contributed by atoms with E-state index in [4.69, 9.17) is 0 Å². The van der Waals surface area contributed by atoms with Crippen LogP contribution in [0.5, 0.6) is 0 Å². The molecular formula is C56H36N2S. The Morgan fingerprint density at radius 3 is 1.81 bits per heavy atom. The molecule has 0 aliphatic heterocycles. The fourth-order valence-corrected chi connectivity index (χ4v) is 10.4. The number of nitrogens with zero attached hydrogens (tertiary/aromatic N) is 2. The first-order valence-electron chi connectivity index (χ1n) is 20.2. The summed E-state index contributed by atoms with van der Waals surface area (Å²) >= 11 is 1.86. The minimum atomic E-state index is 1.09. The lowest BCUT2D eigenvalue weighted by molar-refractivity contribution is 1.17. The SMILES string of the molecule is c1ccc(-c2cc(N(c3ccc(-n4c5ccccc5c5c6ccccc6ccc54)cc3)c3ccc4c(c3)sc3ccccc34)ccc2-c2cccc3ccccc23)cc1. The lowest BCUT2D eigenvalue weighted by Crippen LogP contribution is -2.10. The monoisotopic (exact) mass is 768 g/mol. The third-order valence-electron chi connectivity index (χ3n) is 12.0. The van der Waals surface area contributed by atoms with Crippen molar-refractivity contribution in [3.8, 4) is 27.9 Å². The summed E-state index contributed by atoms with van der Waals surface area (Å²) in [5, 5.41) is 10.2. The van der Waals surface area contributed by atoms with E-state index >= 15 is 0 Å². The first-order chi connectivity index (χ1) is 29.3. The molecule has 0 saturated carbocycles. The van der Waals surface area contributed by atoms with E-state index in [1.54, 1.807) is 0 Å². The van der Waals surface area contributed by atoms with Crippen LogP contribution in [0.2, 0.25) is 0 Å². The number of anilines is 3. The van der Waals surface area contributed by atoms with E-state index in [9.17, 15) is 0 Å². The van der Waals surface area contributed by atoms with Crippen molar-refractivity contribution in [3.05, 3.63) is 218 Å². The summed E-state index contributed by atoms with van der Waals surface area (Å²) in [7, 11) is 0. The van der Waals surface area contributed by atoms with Crippen molar-refractivity contribution in [2.75, 3.05) is 4.90 Å². The lowest BCUT2D eigenvalue weighted by atomic mass is 9.91. The smallest absolute Gasteiger partial charge is 0.0547 e. The van der Waals surface area contributed by atoms with Crippen molar-refractivity contribution in [3.63, 3.8) is 0 Å². The second kappa shape index (κ2) is 13.6. The molecule has 2 nitrogen and oxygen atoms in total. The zero-order valence-electron chi connectivity index (χ0n) is 32.1. The van der Waals surface area contributed by atoms with Gasteiger partial charge in [-0.1, -0.05) is 152 Å². The lowest BCUT2D eigenvalue weighted by Gasteiger charge is -2.27. The molecule has 0 aliphatic carbocycles. The first-order valence-corrected chi connectivity index (χ1v) is 21.0. The molecule has 0 saturated heterocycles. The van der Waals surface area contributed by atoms with E-state index in [0.29, 0.717) is 0 Å². The molecule has 2 heterocycles. The molecule has 59 heavy (non-hydrogen) atoms. The van der Waals surface area contributed by atoms with Gasteiger partial charge in [0, 0.05) is 53.7 Å². The fraction of sp³-hybridized carbons (Fsp3) is 0. The van der Waals surface area contributed by atoms with Gasteiger partial charge in [-0.25, -0.2) is 0 Å². The number of thiophene rings is 1. The van der Waals surface area contributed by atoms with Crippen molar-refractivity contribution in [1.29, 1.82) is 0 Å². The predicted octanol–water partition coefficient (Wildman–Crippen LogP) is 16.3. The second-order valence-electron chi connectivity index (χ2n) is 15.3. The number of fused-ring (bicyclic) bond motifs is 9. The Balaban J connectivity index is 1.06. The van der Waals surface area contributed by atoms with Gasteiger partial charge >= 0.3 is 0 Å². The molecule has 0 fully saturated rings. The Hall–Kier alpha value is -7.46. The van der Waals surface area contributed by atoms with Gasteiger partial charge in [0.15, 0.2) is 0 Å². The molecule has 0 bridgehead atoms. The van der Waals surface area contributed by atoms with Crippen LogP contribution in [0.1, 0.15) is 0 Å². The highest BCUT2D eigenvalue weighted by atomic mass is 32.1. The summed E-state index contributed by atoms with van der Waals surface area (Å²) in [6.45, 7) is 0. The van der Waals surface area contributed by atoms with E-state index < -0.39 is 0 Å². The molecule has 276 valence electrons. The first kappa shape index (κ1) is 33.7. The molecule has 0 amide bonds. The van der Waals surface area contributed by atoms with Gasteiger partial charge in [-0.15, -0.1) is 11.3 Å². The van der Waals surface area contributed by atoms with Crippen molar-refractivity contribution in [1.82, 2.24) is 4.57 Å². The van der Waals surface area contributed by atoms with Crippen molar-refractivity contribution in [2.24, 2.45) is 0 Å². The van der Waals surface area contributed by atoms with Crippen LogP contribution in [-0.4, -0.2) is 4.57 Å². The normalized spacial score (nSPS) is 11.7. The molecule has 0 radical (unpaired) electrons. The number of rotatable bonds is 6. The van der Waals surface area contributed by atoms with Crippen LogP contribution in [0.15, 0.2) is 218 Å². The number of para-hydroxylation sites is 1. The molecule has 0 spiro atoms. The molecular weight excluding hydrogens is 733 g/mol. The van der Waals surface area contributed by atoms with E-state index in [-0.39, 0.29) is 0 Å². The van der Waals surface area contributed by atoms with Crippen LogP contribution < -0.4 is 4.90 Å². The number of hydrogen-bond donors (Lipinski definition) is 0. The molecule has 0 unspecified atom stereocenters. The molecule has 12 rings (SSSR count). The summed E-state index contributed by atoms with van der Waals surface area (Å²) < 4.78 is 5.00. The van der Waals surface area contributed by atoms with Crippen molar-refractivity contribution < 1.29 is 0 Å². The maximum absolute atomic E-state index is 2.42. The Kier molecular flexibility index (Phi) is 7.75. The predicted molar refractivity (Wildman–Crippen MR) is 254 cm³/mol. The van der Waals surface area contributed by atoms with Crippen LogP contribution in [-0.2, 0) is 0 Å². The average Bonchev–Trinajstić information content (AvgIpc) is 3.85. The highest BCUT2D eigenvalue weighted by Gasteiger charge is 2.20. The van der Waals surface area contributed by atoms with Crippen LogP contribution in [0, 0.1) is 0 Å². The number of hydrogen-bond acceptors (Lipinski definition) is 2. The quantitative estimate of drug-likeness (QED) is 0.164. The van der Waals surface area contributed by atoms with Crippen molar-refractivity contribution in [2.45, 2.75) is 0 Å². The van der Waals surface area contributed by atoms with Gasteiger partial charge < -0.3 is 9.47 Å². The molecule has 10 aromatic carbocycles. The second-order valence-corrected chi connectivity index (χ2v) is 16.4. The highest BCUT2D eigenvalue weighted by molar-refractivity contribution is 7.25. The molecule has 12 aromatic rings. The zero-order chi connectivity index (χ0) is 38.9. The summed E-state index contributed by atoms with van der Waals surface area (Å²) in [5.74, 6) is 0. The van der Waals surface area contributed by atoms with Gasteiger partial charge in [0.2, 0.25) is 0 Å². The van der Waals surface area contributed by atoms with Gasteiger partial charge in [-0.2, -0.15) is 0 Å². The fourth-order valence-electron chi connectivity index (χ4n) is 9.29. The third-order valence-corrected chi connectivity index (χ3v) is 13.1. The topological polar surface area (TPSA) is 8.17 Å².